The zero-order chi connectivity index (χ0) is 16.2. The molecule has 3 aromatic rings. The van der Waals surface area contributed by atoms with Gasteiger partial charge in [0.15, 0.2) is 0 Å². The van der Waals surface area contributed by atoms with Crippen LogP contribution in [0.5, 0.6) is 0 Å². The summed E-state index contributed by atoms with van der Waals surface area (Å²) in [7, 11) is 1.36. The highest BCUT2D eigenvalue weighted by molar-refractivity contribution is 5.90. The number of fused-ring (bicyclic) bond motifs is 1. The lowest BCUT2D eigenvalue weighted by atomic mass is 10.1. The first kappa shape index (κ1) is 15.0. The van der Waals surface area contributed by atoms with Crippen LogP contribution in [0.3, 0.4) is 0 Å². The van der Waals surface area contributed by atoms with Crippen LogP contribution in [0.1, 0.15) is 21.6 Å². The van der Waals surface area contributed by atoms with Crippen LogP contribution in [0.4, 0.5) is 5.82 Å². The number of aromatic nitrogens is 2. The Morgan fingerprint density at radius 2 is 2.00 bits per heavy atom. The molecule has 2 heterocycles. The van der Waals surface area contributed by atoms with Gasteiger partial charge < -0.3 is 10.1 Å². The summed E-state index contributed by atoms with van der Waals surface area (Å²) in [5.74, 6) is 0.336. The quantitative estimate of drug-likeness (QED) is 0.749. The van der Waals surface area contributed by atoms with Crippen molar-refractivity contribution in [2.75, 3.05) is 12.4 Å². The molecule has 116 valence electrons. The van der Waals surface area contributed by atoms with Crippen LogP contribution in [0.2, 0.25) is 0 Å². The van der Waals surface area contributed by atoms with Crippen molar-refractivity contribution in [1.29, 1.82) is 0 Å². The lowest BCUT2D eigenvalue weighted by molar-refractivity contribution is 0.0599. The molecule has 0 saturated heterocycles. The predicted molar refractivity (Wildman–Crippen MR) is 89.4 cm³/mol. The molecule has 0 saturated carbocycles. The SMILES string of the molecule is COC(=O)c1ccc(NCc2cccc3cccnc23)nc1C. The molecule has 1 aromatic carbocycles. The second-order valence-electron chi connectivity index (χ2n) is 5.17. The number of aryl methyl sites for hydroxylation is 1. The second kappa shape index (κ2) is 6.44. The van der Waals surface area contributed by atoms with Crippen LogP contribution < -0.4 is 5.32 Å². The monoisotopic (exact) mass is 307 g/mol. The number of hydrogen-bond acceptors (Lipinski definition) is 5. The number of methoxy groups -OCH3 is 1. The molecular formula is C18H17N3O2. The van der Waals surface area contributed by atoms with Crippen LogP contribution in [0.25, 0.3) is 10.9 Å². The summed E-state index contributed by atoms with van der Waals surface area (Å²) in [5, 5.41) is 4.38. The van der Waals surface area contributed by atoms with Gasteiger partial charge in [0.25, 0.3) is 0 Å². The normalized spacial score (nSPS) is 10.5. The van der Waals surface area contributed by atoms with Gasteiger partial charge >= 0.3 is 5.97 Å². The first-order valence-electron chi connectivity index (χ1n) is 7.31. The van der Waals surface area contributed by atoms with E-state index in [9.17, 15) is 4.79 Å². The summed E-state index contributed by atoms with van der Waals surface area (Å²) in [6, 6.07) is 13.6. The van der Waals surface area contributed by atoms with Gasteiger partial charge in [-0.1, -0.05) is 24.3 Å². The number of carbonyl (C=O) groups is 1. The number of anilines is 1. The average Bonchev–Trinajstić information content (AvgIpc) is 2.59. The van der Waals surface area contributed by atoms with Crippen molar-refractivity contribution in [3.63, 3.8) is 0 Å². The smallest absolute Gasteiger partial charge is 0.339 e. The molecule has 5 nitrogen and oxygen atoms in total. The molecule has 2 aromatic heterocycles. The van der Waals surface area contributed by atoms with Gasteiger partial charge in [-0.2, -0.15) is 0 Å². The van der Waals surface area contributed by atoms with E-state index in [-0.39, 0.29) is 5.97 Å². The van der Waals surface area contributed by atoms with Crippen LogP contribution in [0.15, 0.2) is 48.7 Å². The third kappa shape index (κ3) is 3.13. The van der Waals surface area contributed by atoms with E-state index in [1.807, 2.05) is 30.3 Å². The van der Waals surface area contributed by atoms with E-state index < -0.39 is 0 Å². The number of nitrogens with one attached hydrogen (secondary N) is 1. The number of esters is 1. The van der Waals surface area contributed by atoms with Crippen molar-refractivity contribution in [3.05, 3.63) is 65.5 Å². The fourth-order valence-corrected chi connectivity index (χ4v) is 2.48. The van der Waals surface area contributed by atoms with Crippen molar-refractivity contribution in [1.82, 2.24) is 9.97 Å². The molecule has 0 atom stereocenters. The molecule has 0 unspecified atom stereocenters. The molecule has 0 spiro atoms. The van der Waals surface area contributed by atoms with Gasteiger partial charge in [0.05, 0.1) is 23.9 Å². The molecule has 23 heavy (non-hydrogen) atoms. The Labute approximate surface area is 134 Å². The number of benzene rings is 1. The van der Waals surface area contributed by atoms with Gasteiger partial charge in [-0.25, -0.2) is 9.78 Å². The summed E-state index contributed by atoms with van der Waals surface area (Å²) in [6.07, 6.45) is 1.79. The van der Waals surface area contributed by atoms with Crippen molar-refractivity contribution in [2.45, 2.75) is 13.5 Å². The Kier molecular flexibility index (Phi) is 4.19. The zero-order valence-corrected chi connectivity index (χ0v) is 13.0. The number of pyridine rings is 2. The molecule has 0 bridgehead atoms. The van der Waals surface area contributed by atoms with E-state index >= 15 is 0 Å². The fraction of sp³-hybridized carbons (Fsp3) is 0.167. The molecule has 0 aliphatic heterocycles. The summed E-state index contributed by atoms with van der Waals surface area (Å²) in [5.41, 5.74) is 3.19. The van der Waals surface area contributed by atoms with Gasteiger partial charge in [-0.15, -0.1) is 0 Å². The van der Waals surface area contributed by atoms with Gasteiger partial charge in [-0.3, -0.25) is 4.98 Å². The van der Waals surface area contributed by atoms with Crippen molar-refractivity contribution in [3.8, 4) is 0 Å². The van der Waals surface area contributed by atoms with E-state index in [1.165, 1.54) is 7.11 Å². The molecule has 0 amide bonds. The third-order valence-electron chi connectivity index (χ3n) is 3.67. The molecule has 0 aliphatic carbocycles. The number of ether oxygens (including phenoxy) is 1. The van der Waals surface area contributed by atoms with E-state index in [4.69, 9.17) is 4.74 Å². The second-order valence-corrected chi connectivity index (χ2v) is 5.17. The van der Waals surface area contributed by atoms with E-state index in [1.54, 1.807) is 25.3 Å². The summed E-state index contributed by atoms with van der Waals surface area (Å²) >= 11 is 0. The standard InChI is InChI=1S/C18H17N3O2/c1-12-15(18(22)23-2)8-9-16(21-12)20-11-14-6-3-5-13-7-4-10-19-17(13)14/h3-10H,11H2,1-2H3,(H,20,21). The largest absolute Gasteiger partial charge is 0.465 e. The Hall–Kier alpha value is -2.95. The first-order chi connectivity index (χ1) is 11.2. The minimum Gasteiger partial charge on any atom is -0.465 e. The third-order valence-corrected chi connectivity index (χ3v) is 3.67. The Bertz CT molecular complexity index is 857. The predicted octanol–water partition coefficient (Wildman–Crippen LogP) is 3.34. The molecular weight excluding hydrogens is 290 g/mol. The number of nitrogens with zero attached hydrogens (tertiary/aromatic N) is 2. The molecule has 3 rings (SSSR count). The fourth-order valence-electron chi connectivity index (χ4n) is 2.48. The maximum absolute atomic E-state index is 11.6. The Morgan fingerprint density at radius 3 is 2.78 bits per heavy atom. The minimum absolute atomic E-state index is 0.375. The molecule has 0 radical (unpaired) electrons. The summed E-state index contributed by atoms with van der Waals surface area (Å²) in [6.45, 7) is 2.40. The number of carbonyl (C=O) groups excluding carboxylic acids is 1. The van der Waals surface area contributed by atoms with Crippen LogP contribution in [0, 0.1) is 6.92 Å². The first-order valence-corrected chi connectivity index (χ1v) is 7.31. The Balaban J connectivity index is 1.80. The highest BCUT2D eigenvalue weighted by atomic mass is 16.5. The number of hydrogen-bond donors (Lipinski definition) is 1. The summed E-state index contributed by atoms with van der Waals surface area (Å²) < 4.78 is 4.73. The highest BCUT2D eigenvalue weighted by Gasteiger charge is 2.10. The molecule has 5 heteroatoms. The molecule has 0 fully saturated rings. The van der Waals surface area contributed by atoms with E-state index in [0.717, 1.165) is 16.5 Å². The van der Waals surface area contributed by atoms with Crippen molar-refractivity contribution < 1.29 is 9.53 Å². The topological polar surface area (TPSA) is 64.1 Å². The van der Waals surface area contributed by atoms with Crippen molar-refractivity contribution in [2.24, 2.45) is 0 Å². The van der Waals surface area contributed by atoms with E-state index in [0.29, 0.717) is 23.6 Å². The Morgan fingerprint density at radius 1 is 1.17 bits per heavy atom. The van der Waals surface area contributed by atoms with Crippen LogP contribution >= 0.6 is 0 Å². The maximum atomic E-state index is 11.6. The van der Waals surface area contributed by atoms with Gasteiger partial charge in [0.2, 0.25) is 0 Å². The lowest BCUT2D eigenvalue weighted by Crippen LogP contribution is -2.08. The number of para-hydroxylation sites is 1. The van der Waals surface area contributed by atoms with Gasteiger partial charge in [0, 0.05) is 18.1 Å². The van der Waals surface area contributed by atoms with Gasteiger partial charge in [-0.05, 0) is 30.7 Å². The zero-order valence-electron chi connectivity index (χ0n) is 13.0. The average molecular weight is 307 g/mol. The van der Waals surface area contributed by atoms with Gasteiger partial charge in [0.1, 0.15) is 5.82 Å². The molecule has 0 aliphatic rings. The minimum atomic E-state index is -0.375. The molecule has 1 N–H and O–H groups in total. The summed E-state index contributed by atoms with van der Waals surface area (Å²) in [4.78, 5) is 20.4. The highest BCUT2D eigenvalue weighted by Crippen LogP contribution is 2.18. The van der Waals surface area contributed by atoms with Crippen LogP contribution in [-0.2, 0) is 11.3 Å². The maximum Gasteiger partial charge on any atom is 0.339 e. The van der Waals surface area contributed by atoms with E-state index in [2.05, 4.69) is 15.3 Å². The lowest BCUT2D eigenvalue weighted by Gasteiger charge is -2.10. The number of rotatable bonds is 4. The van der Waals surface area contributed by atoms with Crippen molar-refractivity contribution >= 4 is 22.7 Å². The van der Waals surface area contributed by atoms with Crippen LogP contribution in [-0.4, -0.2) is 23.0 Å².